The molecular formula is C28H34ClN3O2Si. The van der Waals surface area contributed by atoms with Gasteiger partial charge in [0.2, 0.25) is 5.28 Å². The zero-order chi connectivity index (χ0) is 25.1. The summed E-state index contributed by atoms with van der Waals surface area (Å²) in [4.78, 5) is 20.4. The van der Waals surface area contributed by atoms with Crippen molar-refractivity contribution in [1.29, 1.82) is 0 Å². The van der Waals surface area contributed by atoms with Crippen molar-refractivity contribution in [1.82, 2.24) is 9.97 Å². The number of rotatable bonds is 7. The third kappa shape index (κ3) is 5.50. The van der Waals surface area contributed by atoms with E-state index in [2.05, 4.69) is 96.7 Å². The molecule has 7 heteroatoms. The van der Waals surface area contributed by atoms with Crippen molar-refractivity contribution in [2.45, 2.75) is 70.6 Å². The van der Waals surface area contributed by atoms with Gasteiger partial charge in [0.1, 0.15) is 5.82 Å². The zero-order valence-electron chi connectivity index (χ0n) is 20.9. The topological polar surface area (TPSA) is 64.1 Å². The highest BCUT2D eigenvalue weighted by molar-refractivity contribution is 6.99. The van der Waals surface area contributed by atoms with Gasteiger partial charge in [-0.15, -0.1) is 0 Å². The second-order valence-electron chi connectivity index (χ2n) is 10.4. The van der Waals surface area contributed by atoms with Gasteiger partial charge >= 0.3 is 0 Å². The Balaban J connectivity index is 1.66. The number of nitrogens with zero attached hydrogens (tertiary/aromatic N) is 2. The van der Waals surface area contributed by atoms with Crippen LogP contribution in [0.15, 0.2) is 66.9 Å². The monoisotopic (exact) mass is 507 g/mol. The number of hydrogen-bond acceptors (Lipinski definition) is 5. The standard InChI is InChI=1S/C28H34ClN3O2Si/c1-20(33)25-19-30-27(29)32-26(25)31-21-12-11-13-22(18-21)34-35(28(2,3)4,23-14-7-5-8-15-23)24-16-9-6-10-17-24/h5-10,14-17,19,21-22H,11-13,18H2,1-4H3,(H,30,31,32). The molecule has 0 radical (unpaired) electrons. The molecule has 1 N–H and O–H groups in total. The van der Waals surface area contributed by atoms with Crippen molar-refractivity contribution in [2.24, 2.45) is 0 Å². The number of anilines is 1. The lowest BCUT2D eigenvalue weighted by molar-refractivity contribution is 0.101. The van der Waals surface area contributed by atoms with Crippen molar-refractivity contribution in [3.05, 3.63) is 77.7 Å². The van der Waals surface area contributed by atoms with Gasteiger partial charge < -0.3 is 9.74 Å². The molecular weight excluding hydrogens is 474 g/mol. The second kappa shape index (κ2) is 10.6. The molecule has 5 nitrogen and oxygen atoms in total. The van der Waals surface area contributed by atoms with Crippen LogP contribution in [0.3, 0.4) is 0 Å². The average Bonchev–Trinajstić information content (AvgIpc) is 2.83. The number of benzene rings is 2. The van der Waals surface area contributed by atoms with Crippen LogP contribution < -0.4 is 15.7 Å². The summed E-state index contributed by atoms with van der Waals surface area (Å²) in [7, 11) is -2.62. The zero-order valence-corrected chi connectivity index (χ0v) is 22.7. The highest BCUT2D eigenvalue weighted by Gasteiger charge is 2.51. The summed E-state index contributed by atoms with van der Waals surface area (Å²) < 4.78 is 7.36. The maximum absolute atomic E-state index is 12.1. The minimum atomic E-state index is -2.62. The van der Waals surface area contributed by atoms with Gasteiger partial charge in [0.05, 0.1) is 5.56 Å². The predicted molar refractivity (Wildman–Crippen MR) is 145 cm³/mol. The Morgan fingerprint density at radius 3 is 2.17 bits per heavy atom. The van der Waals surface area contributed by atoms with Crippen molar-refractivity contribution in [3.63, 3.8) is 0 Å². The number of aromatic nitrogens is 2. The van der Waals surface area contributed by atoms with Gasteiger partial charge in [-0.2, -0.15) is 0 Å². The molecule has 3 aromatic rings. The van der Waals surface area contributed by atoms with E-state index in [0.717, 1.165) is 25.7 Å². The molecule has 2 unspecified atom stereocenters. The molecule has 184 valence electrons. The predicted octanol–water partition coefficient (Wildman–Crippen LogP) is 5.63. The van der Waals surface area contributed by atoms with Gasteiger partial charge in [0.15, 0.2) is 5.78 Å². The Hall–Kier alpha value is -2.54. The van der Waals surface area contributed by atoms with Gasteiger partial charge in [-0.1, -0.05) is 81.4 Å². The fourth-order valence-electron chi connectivity index (χ4n) is 5.25. The van der Waals surface area contributed by atoms with Crippen LogP contribution >= 0.6 is 11.6 Å². The number of hydrogen-bond donors (Lipinski definition) is 1. The van der Waals surface area contributed by atoms with Crippen LogP contribution in [0.25, 0.3) is 0 Å². The normalized spacial score (nSPS) is 18.8. The van der Waals surface area contributed by atoms with Crippen molar-refractivity contribution >= 4 is 41.9 Å². The lowest BCUT2D eigenvalue weighted by Gasteiger charge is -2.46. The summed E-state index contributed by atoms with van der Waals surface area (Å²) in [6.07, 6.45) is 5.45. The molecule has 1 aromatic heterocycles. The third-order valence-corrected chi connectivity index (χ3v) is 12.1. The maximum Gasteiger partial charge on any atom is 0.261 e. The molecule has 2 aromatic carbocycles. The summed E-state index contributed by atoms with van der Waals surface area (Å²) in [5.41, 5.74) is 0.462. The average molecular weight is 508 g/mol. The van der Waals surface area contributed by atoms with Crippen LogP contribution in [0.4, 0.5) is 5.82 Å². The second-order valence-corrected chi connectivity index (χ2v) is 15.0. The van der Waals surface area contributed by atoms with E-state index in [4.69, 9.17) is 16.0 Å². The van der Waals surface area contributed by atoms with Crippen molar-refractivity contribution in [2.75, 3.05) is 5.32 Å². The molecule has 1 saturated carbocycles. The first-order valence-corrected chi connectivity index (χ1v) is 14.6. The van der Waals surface area contributed by atoms with E-state index in [1.165, 1.54) is 23.5 Å². The van der Waals surface area contributed by atoms with Gasteiger partial charge in [-0.05, 0) is 59.6 Å². The quantitative estimate of drug-likeness (QED) is 0.255. The fraction of sp³-hybridized carbons (Fsp3) is 0.393. The van der Waals surface area contributed by atoms with E-state index >= 15 is 0 Å². The summed E-state index contributed by atoms with van der Waals surface area (Å²) >= 11 is 6.05. The Kier molecular flexibility index (Phi) is 7.74. The molecule has 1 fully saturated rings. The minimum absolute atomic E-state index is 0.0714. The van der Waals surface area contributed by atoms with Crippen molar-refractivity contribution in [3.8, 4) is 0 Å². The van der Waals surface area contributed by atoms with Crippen molar-refractivity contribution < 1.29 is 9.22 Å². The lowest BCUT2D eigenvalue weighted by Crippen LogP contribution is -2.68. The van der Waals surface area contributed by atoms with Crippen LogP contribution in [0.5, 0.6) is 0 Å². The largest absolute Gasteiger partial charge is 0.404 e. The Morgan fingerprint density at radius 2 is 1.63 bits per heavy atom. The molecule has 0 bridgehead atoms. The molecule has 0 saturated heterocycles. The number of carbonyl (C=O) groups is 1. The molecule has 4 rings (SSSR count). The maximum atomic E-state index is 12.1. The van der Waals surface area contributed by atoms with E-state index in [-0.39, 0.29) is 28.3 Å². The van der Waals surface area contributed by atoms with Crippen LogP contribution in [0, 0.1) is 0 Å². The lowest BCUT2D eigenvalue weighted by atomic mass is 9.93. The first-order chi connectivity index (χ1) is 16.7. The van der Waals surface area contributed by atoms with E-state index in [9.17, 15) is 4.79 Å². The summed E-state index contributed by atoms with van der Waals surface area (Å²) in [6.45, 7) is 8.44. The molecule has 0 amide bonds. The Bertz CT molecular complexity index is 1110. The summed E-state index contributed by atoms with van der Waals surface area (Å²) in [6, 6.07) is 21.6. The molecule has 2 atom stereocenters. The number of Topliss-reactive ketones (excluding diaryl/α,β-unsaturated/α-hetero) is 1. The van der Waals surface area contributed by atoms with Gasteiger partial charge in [0.25, 0.3) is 8.32 Å². The molecule has 0 aliphatic heterocycles. The molecule has 1 aliphatic carbocycles. The molecule has 1 heterocycles. The highest BCUT2D eigenvalue weighted by Crippen LogP contribution is 2.39. The Labute approximate surface area is 214 Å². The first kappa shape index (κ1) is 25.5. The Morgan fingerprint density at radius 1 is 1.03 bits per heavy atom. The van der Waals surface area contributed by atoms with E-state index < -0.39 is 8.32 Å². The number of ketones is 1. The number of nitrogens with one attached hydrogen (secondary N) is 1. The van der Waals surface area contributed by atoms with Gasteiger partial charge in [0, 0.05) is 18.3 Å². The van der Waals surface area contributed by atoms with E-state index in [1.807, 2.05) is 0 Å². The SMILES string of the molecule is CC(=O)c1cnc(Cl)nc1NC1CCCC(O[Si](c2ccccc2)(c2ccccc2)C(C)(C)C)C1. The van der Waals surface area contributed by atoms with Crippen LogP contribution in [-0.2, 0) is 4.43 Å². The molecule has 0 spiro atoms. The minimum Gasteiger partial charge on any atom is -0.404 e. The van der Waals surface area contributed by atoms with E-state index in [0.29, 0.717) is 11.4 Å². The first-order valence-electron chi connectivity index (χ1n) is 12.3. The smallest absolute Gasteiger partial charge is 0.261 e. The van der Waals surface area contributed by atoms with Gasteiger partial charge in [-0.25, -0.2) is 9.97 Å². The third-order valence-electron chi connectivity index (χ3n) is 6.87. The number of carbonyl (C=O) groups excluding carboxylic acids is 1. The van der Waals surface area contributed by atoms with Crippen LogP contribution in [-0.4, -0.2) is 36.2 Å². The highest BCUT2D eigenvalue weighted by atomic mass is 35.5. The number of halogens is 1. The molecule has 1 aliphatic rings. The summed E-state index contributed by atoms with van der Waals surface area (Å²) in [5, 5.41) is 6.12. The van der Waals surface area contributed by atoms with E-state index in [1.54, 1.807) is 0 Å². The van der Waals surface area contributed by atoms with Crippen LogP contribution in [0.2, 0.25) is 10.3 Å². The summed E-state index contributed by atoms with van der Waals surface area (Å²) in [5.74, 6) is 0.425. The van der Waals surface area contributed by atoms with Gasteiger partial charge in [-0.3, -0.25) is 4.79 Å². The molecule has 35 heavy (non-hydrogen) atoms. The van der Waals surface area contributed by atoms with Crippen LogP contribution in [0.1, 0.15) is 63.7 Å². The fourth-order valence-corrected chi connectivity index (χ4v) is 10.1.